The van der Waals surface area contributed by atoms with Crippen molar-refractivity contribution in [2.45, 2.75) is 20.3 Å². The Morgan fingerprint density at radius 2 is 1.70 bits per heavy atom. The molecule has 1 aliphatic heterocycles. The van der Waals surface area contributed by atoms with Gasteiger partial charge in [-0.3, -0.25) is 9.59 Å². The SMILES string of the molecule is CCC(C)CN(CC(=O)N1CCN(c2ccc(-c3ccc(OC)c(OC)c3)nn2)CC1)C(=O)c1ccccc1F. The van der Waals surface area contributed by atoms with E-state index in [2.05, 4.69) is 15.1 Å². The van der Waals surface area contributed by atoms with E-state index in [4.69, 9.17) is 9.47 Å². The molecule has 2 heterocycles. The van der Waals surface area contributed by atoms with Crippen molar-refractivity contribution in [1.29, 1.82) is 0 Å². The van der Waals surface area contributed by atoms with Gasteiger partial charge >= 0.3 is 0 Å². The Bertz CT molecular complexity index is 1310. The molecule has 1 aliphatic rings. The summed E-state index contributed by atoms with van der Waals surface area (Å²) in [6, 6.07) is 15.3. The molecule has 1 fully saturated rings. The fraction of sp³-hybridized carbons (Fsp3) is 0.400. The van der Waals surface area contributed by atoms with Crippen LogP contribution < -0.4 is 14.4 Å². The topological polar surface area (TPSA) is 88.1 Å². The van der Waals surface area contributed by atoms with Crippen LogP contribution in [-0.2, 0) is 4.79 Å². The van der Waals surface area contributed by atoms with Gasteiger partial charge in [0.2, 0.25) is 5.91 Å². The van der Waals surface area contributed by atoms with E-state index in [0.717, 1.165) is 17.8 Å². The minimum Gasteiger partial charge on any atom is -0.493 e. The van der Waals surface area contributed by atoms with E-state index in [0.29, 0.717) is 49.9 Å². The number of anilines is 1. The van der Waals surface area contributed by atoms with Gasteiger partial charge in [-0.25, -0.2) is 4.39 Å². The highest BCUT2D eigenvalue weighted by molar-refractivity contribution is 5.96. The number of amides is 2. The molecule has 0 spiro atoms. The molecular formula is C30H36FN5O4. The van der Waals surface area contributed by atoms with Crippen LogP contribution in [0.4, 0.5) is 10.2 Å². The molecule has 4 rings (SSSR count). The van der Waals surface area contributed by atoms with Gasteiger partial charge < -0.3 is 24.2 Å². The van der Waals surface area contributed by atoms with Crippen LogP contribution in [0.2, 0.25) is 0 Å². The third-order valence-corrected chi connectivity index (χ3v) is 7.23. The van der Waals surface area contributed by atoms with Gasteiger partial charge in [0, 0.05) is 38.3 Å². The highest BCUT2D eigenvalue weighted by Crippen LogP contribution is 2.31. The van der Waals surface area contributed by atoms with Crippen LogP contribution in [0, 0.1) is 11.7 Å². The second kappa shape index (κ2) is 13.2. The van der Waals surface area contributed by atoms with E-state index in [9.17, 15) is 14.0 Å². The molecule has 1 atom stereocenters. The monoisotopic (exact) mass is 549 g/mol. The van der Waals surface area contributed by atoms with Gasteiger partial charge in [-0.05, 0) is 48.4 Å². The molecule has 1 unspecified atom stereocenters. The predicted octanol–water partition coefficient (Wildman–Crippen LogP) is 4.14. The van der Waals surface area contributed by atoms with Gasteiger partial charge in [0.25, 0.3) is 5.91 Å². The highest BCUT2D eigenvalue weighted by atomic mass is 19.1. The largest absolute Gasteiger partial charge is 0.493 e. The number of nitrogens with zero attached hydrogens (tertiary/aromatic N) is 5. The van der Waals surface area contributed by atoms with E-state index >= 15 is 0 Å². The predicted molar refractivity (Wildman–Crippen MR) is 151 cm³/mol. The van der Waals surface area contributed by atoms with Crippen LogP contribution in [0.3, 0.4) is 0 Å². The van der Waals surface area contributed by atoms with Gasteiger partial charge in [-0.2, -0.15) is 0 Å². The lowest BCUT2D eigenvalue weighted by molar-refractivity contribution is -0.132. The number of carbonyl (C=O) groups is 2. The van der Waals surface area contributed by atoms with Crippen LogP contribution in [0.15, 0.2) is 54.6 Å². The van der Waals surface area contributed by atoms with Crippen molar-refractivity contribution in [1.82, 2.24) is 20.0 Å². The standard InChI is InChI=1S/C30H36FN5O4/c1-5-21(2)19-36(30(38)23-8-6-7-9-24(23)31)20-29(37)35-16-14-34(15-17-35)28-13-11-25(32-33-28)22-10-12-26(39-3)27(18-22)40-4/h6-13,18,21H,5,14-17,19-20H2,1-4H3. The third kappa shape index (κ3) is 6.67. The molecule has 2 aromatic carbocycles. The van der Waals surface area contributed by atoms with Crippen molar-refractivity contribution in [3.63, 3.8) is 0 Å². The second-order valence-electron chi connectivity index (χ2n) is 9.89. The zero-order chi connectivity index (χ0) is 28.6. The Hall–Kier alpha value is -4.21. The average Bonchev–Trinajstić information content (AvgIpc) is 3.00. The van der Waals surface area contributed by atoms with Crippen molar-refractivity contribution < 1.29 is 23.5 Å². The third-order valence-electron chi connectivity index (χ3n) is 7.23. The highest BCUT2D eigenvalue weighted by Gasteiger charge is 2.27. The van der Waals surface area contributed by atoms with E-state index in [-0.39, 0.29) is 23.9 Å². The zero-order valence-corrected chi connectivity index (χ0v) is 23.5. The van der Waals surface area contributed by atoms with Gasteiger partial charge in [-0.15, -0.1) is 10.2 Å². The zero-order valence-electron chi connectivity index (χ0n) is 23.5. The Morgan fingerprint density at radius 3 is 2.33 bits per heavy atom. The van der Waals surface area contributed by atoms with Crippen molar-refractivity contribution in [3.05, 3.63) is 66.0 Å². The number of ether oxygens (including phenoxy) is 2. The van der Waals surface area contributed by atoms with Crippen molar-refractivity contribution in [2.75, 3.05) is 58.4 Å². The number of methoxy groups -OCH3 is 2. The van der Waals surface area contributed by atoms with Crippen LogP contribution in [0.5, 0.6) is 11.5 Å². The number of hydrogen-bond acceptors (Lipinski definition) is 7. The minimum atomic E-state index is -0.582. The van der Waals surface area contributed by atoms with E-state index in [1.54, 1.807) is 31.3 Å². The number of piperazine rings is 1. The summed E-state index contributed by atoms with van der Waals surface area (Å²) in [5, 5.41) is 8.81. The molecule has 1 saturated heterocycles. The summed E-state index contributed by atoms with van der Waals surface area (Å²) in [7, 11) is 3.18. The first-order valence-corrected chi connectivity index (χ1v) is 13.5. The molecule has 40 heavy (non-hydrogen) atoms. The molecule has 212 valence electrons. The lowest BCUT2D eigenvalue weighted by Gasteiger charge is -2.36. The van der Waals surface area contributed by atoms with Crippen molar-refractivity contribution in [3.8, 4) is 22.8 Å². The van der Waals surface area contributed by atoms with Gasteiger partial charge in [0.1, 0.15) is 12.4 Å². The smallest absolute Gasteiger partial charge is 0.257 e. The molecule has 0 aliphatic carbocycles. The fourth-order valence-electron chi connectivity index (χ4n) is 4.62. The Balaban J connectivity index is 1.37. The van der Waals surface area contributed by atoms with Crippen LogP contribution in [0.25, 0.3) is 11.3 Å². The number of benzene rings is 2. The maximum Gasteiger partial charge on any atom is 0.257 e. The Kier molecular flexibility index (Phi) is 9.52. The first-order chi connectivity index (χ1) is 19.3. The maximum absolute atomic E-state index is 14.3. The second-order valence-corrected chi connectivity index (χ2v) is 9.89. The normalized spacial score (nSPS) is 14.0. The number of aromatic nitrogens is 2. The fourth-order valence-corrected chi connectivity index (χ4v) is 4.62. The summed E-state index contributed by atoms with van der Waals surface area (Å²) >= 11 is 0. The Labute approximate surface area is 234 Å². The molecule has 0 bridgehead atoms. The van der Waals surface area contributed by atoms with E-state index in [1.807, 2.05) is 44.2 Å². The number of rotatable bonds is 10. The minimum absolute atomic E-state index is 0.0153. The molecule has 9 nitrogen and oxygen atoms in total. The molecule has 0 saturated carbocycles. The molecular weight excluding hydrogens is 513 g/mol. The van der Waals surface area contributed by atoms with Gasteiger partial charge in [-0.1, -0.05) is 32.4 Å². The Morgan fingerprint density at radius 1 is 0.975 bits per heavy atom. The summed E-state index contributed by atoms with van der Waals surface area (Å²) in [6.45, 7) is 6.50. The van der Waals surface area contributed by atoms with Crippen LogP contribution >= 0.6 is 0 Å². The molecule has 0 radical (unpaired) electrons. The molecule has 0 N–H and O–H groups in total. The van der Waals surface area contributed by atoms with Crippen LogP contribution in [-0.4, -0.2) is 85.3 Å². The summed E-state index contributed by atoms with van der Waals surface area (Å²) in [6.07, 6.45) is 0.847. The first kappa shape index (κ1) is 28.8. The lowest BCUT2D eigenvalue weighted by atomic mass is 10.1. The summed E-state index contributed by atoms with van der Waals surface area (Å²) in [5.41, 5.74) is 1.55. The van der Waals surface area contributed by atoms with Crippen LogP contribution in [0.1, 0.15) is 30.6 Å². The number of hydrogen-bond donors (Lipinski definition) is 0. The van der Waals surface area contributed by atoms with Gasteiger partial charge in [0.05, 0.1) is 25.5 Å². The average molecular weight is 550 g/mol. The van der Waals surface area contributed by atoms with E-state index in [1.165, 1.54) is 17.0 Å². The first-order valence-electron chi connectivity index (χ1n) is 13.5. The number of halogens is 1. The summed E-state index contributed by atoms with van der Waals surface area (Å²) < 4.78 is 25.0. The van der Waals surface area contributed by atoms with Gasteiger partial charge in [0.15, 0.2) is 17.3 Å². The van der Waals surface area contributed by atoms with Crippen molar-refractivity contribution in [2.24, 2.45) is 5.92 Å². The quantitative estimate of drug-likeness (QED) is 0.376. The maximum atomic E-state index is 14.3. The summed E-state index contributed by atoms with van der Waals surface area (Å²) in [4.78, 5) is 31.7. The molecule has 3 aromatic rings. The lowest BCUT2D eigenvalue weighted by Crippen LogP contribution is -2.52. The van der Waals surface area contributed by atoms with Crippen molar-refractivity contribution >= 4 is 17.6 Å². The molecule has 2 amide bonds. The van der Waals surface area contributed by atoms with E-state index < -0.39 is 11.7 Å². The molecule has 1 aromatic heterocycles. The number of carbonyl (C=O) groups excluding carboxylic acids is 2. The summed E-state index contributed by atoms with van der Waals surface area (Å²) in [5.74, 6) is 0.969. The molecule has 10 heteroatoms.